The fraction of sp³-hybridized carbons (Fsp3) is 0.905. The molecule has 2 N–H and O–H groups in total. The Morgan fingerprint density at radius 3 is 2.35 bits per heavy atom. The van der Waals surface area contributed by atoms with Gasteiger partial charge in [0, 0.05) is 25.7 Å². The first-order valence-electron chi connectivity index (χ1n) is 11.0. The first kappa shape index (κ1) is 19.5. The minimum absolute atomic E-state index is 0.0349. The summed E-state index contributed by atoms with van der Waals surface area (Å²) in [6.07, 6.45) is 12.9. The maximum absolute atomic E-state index is 12.7. The number of carbonyl (C=O) groups is 2. The third-order valence-electron chi connectivity index (χ3n) is 6.89. The Morgan fingerprint density at radius 1 is 0.923 bits per heavy atom. The summed E-state index contributed by atoms with van der Waals surface area (Å²) in [6, 6.07) is 0.377. The molecule has 0 radical (unpaired) electrons. The fourth-order valence-corrected chi connectivity index (χ4v) is 5.18. The first-order valence-corrected chi connectivity index (χ1v) is 11.0. The van der Waals surface area contributed by atoms with E-state index in [4.69, 9.17) is 0 Å². The Morgan fingerprint density at radius 2 is 1.62 bits per heavy atom. The predicted octanol–water partition coefficient (Wildman–Crippen LogP) is 3.68. The van der Waals surface area contributed by atoms with E-state index < -0.39 is 0 Å². The van der Waals surface area contributed by atoms with Crippen molar-refractivity contribution in [3.05, 3.63) is 0 Å². The van der Waals surface area contributed by atoms with Crippen LogP contribution in [0.3, 0.4) is 0 Å². The van der Waals surface area contributed by atoms with Crippen molar-refractivity contribution in [1.82, 2.24) is 15.5 Å². The van der Waals surface area contributed by atoms with Crippen LogP contribution in [0.25, 0.3) is 0 Å². The van der Waals surface area contributed by atoms with Gasteiger partial charge in [-0.05, 0) is 43.9 Å². The fourth-order valence-electron chi connectivity index (χ4n) is 5.18. The topological polar surface area (TPSA) is 61.4 Å². The molecule has 0 spiro atoms. The summed E-state index contributed by atoms with van der Waals surface area (Å²) < 4.78 is 0. The van der Waals surface area contributed by atoms with Crippen molar-refractivity contribution in [1.29, 1.82) is 0 Å². The van der Waals surface area contributed by atoms with E-state index in [1.807, 2.05) is 4.90 Å². The van der Waals surface area contributed by atoms with Crippen LogP contribution >= 0.6 is 0 Å². The van der Waals surface area contributed by atoms with Crippen molar-refractivity contribution < 1.29 is 9.59 Å². The van der Waals surface area contributed by atoms with E-state index in [1.165, 1.54) is 44.9 Å². The van der Waals surface area contributed by atoms with Crippen LogP contribution in [-0.4, -0.2) is 42.5 Å². The second-order valence-electron chi connectivity index (χ2n) is 8.67. The van der Waals surface area contributed by atoms with E-state index in [2.05, 4.69) is 17.6 Å². The van der Waals surface area contributed by atoms with E-state index in [0.29, 0.717) is 18.5 Å². The highest BCUT2D eigenvalue weighted by Gasteiger charge is 2.31. The summed E-state index contributed by atoms with van der Waals surface area (Å²) in [6.45, 7) is 4.45. The van der Waals surface area contributed by atoms with Crippen molar-refractivity contribution in [3.8, 4) is 0 Å². The molecule has 2 aliphatic carbocycles. The molecule has 5 nitrogen and oxygen atoms in total. The van der Waals surface area contributed by atoms with Crippen molar-refractivity contribution in [3.63, 3.8) is 0 Å². The molecule has 3 atom stereocenters. The number of nitrogens with zero attached hydrogens (tertiary/aromatic N) is 1. The van der Waals surface area contributed by atoms with Gasteiger partial charge in [-0.3, -0.25) is 4.79 Å². The van der Waals surface area contributed by atoms with Gasteiger partial charge in [0.2, 0.25) is 5.91 Å². The Bertz CT molecular complexity index is 476. The van der Waals surface area contributed by atoms with Gasteiger partial charge in [0.05, 0.1) is 5.92 Å². The van der Waals surface area contributed by atoms with Gasteiger partial charge >= 0.3 is 6.03 Å². The number of rotatable bonds is 5. The molecule has 0 aromatic rings. The van der Waals surface area contributed by atoms with E-state index >= 15 is 0 Å². The van der Waals surface area contributed by atoms with Crippen LogP contribution in [-0.2, 0) is 4.79 Å². The van der Waals surface area contributed by atoms with Gasteiger partial charge in [0.25, 0.3) is 0 Å². The lowest BCUT2D eigenvalue weighted by atomic mass is 9.78. The quantitative estimate of drug-likeness (QED) is 0.783. The maximum Gasteiger partial charge on any atom is 0.317 e. The molecule has 0 bridgehead atoms. The molecule has 2 saturated carbocycles. The minimum atomic E-state index is -0.0401. The molecule has 26 heavy (non-hydrogen) atoms. The molecule has 1 saturated heterocycles. The summed E-state index contributed by atoms with van der Waals surface area (Å²) in [5.41, 5.74) is 0. The largest absolute Gasteiger partial charge is 0.356 e. The van der Waals surface area contributed by atoms with Gasteiger partial charge in [-0.15, -0.1) is 0 Å². The van der Waals surface area contributed by atoms with Crippen LogP contribution in [0.5, 0.6) is 0 Å². The lowest BCUT2D eigenvalue weighted by molar-refractivity contribution is -0.126. The van der Waals surface area contributed by atoms with E-state index in [-0.39, 0.29) is 17.9 Å². The Labute approximate surface area is 158 Å². The van der Waals surface area contributed by atoms with Crippen LogP contribution in [0.4, 0.5) is 4.79 Å². The standard InChI is InChI=1S/C21H37N3O2/c1-2-16-8-3-4-9-17(16)14-22-20(25)18-10-7-13-24(15-18)21(26)23-19-11-5-6-12-19/h16-19H,2-15H2,1H3,(H,22,25)(H,23,26). The zero-order chi connectivity index (χ0) is 18.4. The van der Waals surface area contributed by atoms with Crippen LogP contribution < -0.4 is 10.6 Å². The molecule has 148 valence electrons. The maximum atomic E-state index is 12.7. The smallest absolute Gasteiger partial charge is 0.317 e. The van der Waals surface area contributed by atoms with E-state index in [9.17, 15) is 9.59 Å². The van der Waals surface area contributed by atoms with Crippen LogP contribution in [0.2, 0.25) is 0 Å². The zero-order valence-electron chi connectivity index (χ0n) is 16.5. The van der Waals surface area contributed by atoms with Gasteiger partial charge in [-0.1, -0.05) is 45.4 Å². The highest BCUT2D eigenvalue weighted by molar-refractivity contribution is 5.81. The van der Waals surface area contributed by atoms with Crippen LogP contribution in [0.15, 0.2) is 0 Å². The SMILES string of the molecule is CCC1CCCCC1CNC(=O)C1CCCN(C(=O)NC2CCCC2)C1. The molecule has 0 aromatic carbocycles. The Kier molecular flexibility index (Phi) is 7.21. The molecule has 1 aliphatic heterocycles. The van der Waals surface area contributed by atoms with Crippen molar-refractivity contribution in [2.45, 2.75) is 83.6 Å². The van der Waals surface area contributed by atoms with Gasteiger partial charge in [0.15, 0.2) is 0 Å². The number of amides is 3. The van der Waals surface area contributed by atoms with Gasteiger partial charge < -0.3 is 15.5 Å². The highest BCUT2D eigenvalue weighted by Crippen LogP contribution is 2.31. The summed E-state index contributed by atoms with van der Waals surface area (Å²) in [7, 11) is 0. The Balaban J connectivity index is 1.44. The number of likely N-dealkylation sites (tertiary alicyclic amines) is 1. The molecule has 3 unspecified atom stereocenters. The normalized spacial score (nSPS) is 30.2. The van der Waals surface area contributed by atoms with Gasteiger partial charge in [0.1, 0.15) is 0 Å². The number of urea groups is 1. The molecule has 1 heterocycles. The Hall–Kier alpha value is -1.26. The summed E-state index contributed by atoms with van der Waals surface area (Å²) >= 11 is 0. The monoisotopic (exact) mass is 363 g/mol. The second kappa shape index (κ2) is 9.61. The van der Waals surface area contributed by atoms with Crippen molar-refractivity contribution in [2.75, 3.05) is 19.6 Å². The predicted molar refractivity (Wildman–Crippen MR) is 104 cm³/mol. The number of carbonyl (C=O) groups excluding carboxylic acids is 2. The third-order valence-corrected chi connectivity index (χ3v) is 6.89. The highest BCUT2D eigenvalue weighted by atomic mass is 16.2. The second-order valence-corrected chi connectivity index (χ2v) is 8.67. The summed E-state index contributed by atoms with van der Waals surface area (Å²) in [4.78, 5) is 27.0. The zero-order valence-corrected chi connectivity index (χ0v) is 16.5. The van der Waals surface area contributed by atoms with Gasteiger partial charge in [-0.25, -0.2) is 4.79 Å². The molecular formula is C21H37N3O2. The summed E-state index contributed by atoms with van der Waals surface area (Å²) in [5.74, 6) is 1.53. The van der Waals surface area contributed by atoms with Crippen molar-refractivity contribution in [2.24, 2.45) is 17.8 Å². The summed E-state index contributed by atoms with van der Waals surface area (Å²) in [5, 5.41) is 6.38. The van der Waals surface area contributed by atoms with Crippen molar-refractivity contribution >= 4 is 11.9 Å². The molecule has 5 heteroatoms. The van der Waals surface area contributed by atoms with Gasteiger partial charge in [-0.2, -0.15) is 0 Å². The number of nitrogens with one attached hydrogen (secondary N) is 2. The van der Waals surface area contributed by atoms with Crippen LogP contribution in [0.1, 0.15) is 77.6 Å². The number of hydrogen-bond acceptors (Lipinski definition) is 2. The molecule has 0 aromatic heterocycles. The van der Waals surface area contributed by atoms with Crippen LogP contribution in [0, 0.1) is 17.8 Å². The minimum Gasteiger partial charge on any atom is -0.356 e. The molecule has 3 aliphatic rings. The average molecular weight is 364 g/mol. The lowest BCUT2D eigenvalue weighted by Gasteiger charge is -2.34. The molecule has 3 amide bonds. The number of hydrogen-bond donors (Lipinski definition) is 2. The number of piperidine rings is 1. The third kappa shape index (κ3) is 5.14. The molecule has 3 rings (SSSR count). The van der Waals surface area contributed by atoms with E-state index in [0.717, 1.165) is 44.7 Å². The average Bonchev–Trinajstić information content (AvgIpc) is 3.19. The van der Waals surface area contributed by atoms with E-state index in [1.54, 1.807) is 0 Å². The lowest BCUT2D eigenvalue weighted by Crippen LogP contribution is -2.51. The molecule has 3 fully saturated rings. The molecular weight excluding hydrogens is 326 g/mol. The first-order chi connectivity index (χ1) is 12.7.